The van der Waals surface area contributed by atoms with Gasteiger partial charge in [0.15, 0.2) is 0 Å². The van der Waals surface area contributed by atoms with E-state index in [9.17, 15) is 13.2 Å². The minimum Gasteiger partial charge on any atom is -0.339 e. The third-order valence-electron chi connectivity index (χ3n) is 5.12. The van der Waals surface area contributed by atoms with Gasteiger partial charge in [-0.25, -0.2) is 8.42 Å². The molecule has 2 fully saturated rings. The van der Waals surface area contributed by atoms with Crippen LogP contribution in [-0.4, -0.2) is 29.7 Å². The van der Waals surface area contributed by atoms with Gasteiger partial charge >= 0.3 is 0 Å². The molecule has 1 aromatic heterocycles. The highest BCUT2D eigenvalue weighted by atomic mass is 32.2. The van der Waals surface area contributed by atoms with Crippen molar-refractivity contribution in [2.45, 2.75) is 36.9 Å². The van der Waals surface area contributed by atoms with Crippen LogP contribution in [0.5, 0.6) is 0 Å². The molecule has 8 nitrogen and oxygen atoms in total. The summed E-state index contributed by atoms with van der Waals surface area (Å²) in [7, 11) is -3.32. The molecule has 2 aromatic carbocycles. The Morgan fingerprint density at radius 1 is 1.00 bits per heavy atom. The number of sulfonamides is 1. The molecule has 0 bridgehead atoms. The van der Waals surface area contributed by atoms with Crippen LogP contribution in [0.25, 0.3) is 11.4 Å². The van der Waals surface area contributed by atoms with Crippen molar-refractivity contribution in [1.29, 1.82) is 0 Å². The first-order valence-electron chi connectivity index (χ1n) is 9.85. The van der Waals surface area contributed by atoms with E-state index in [4.69, 9.17) is 4.52 Å². The molecule has 1 heterocycles. The largest absolute Gasteiger partial charge is 0.339 e. The van der Waals surface area contributed by atoms with E-state index >= 15 is 0 Å². The molecular formula is C21H20N4O4S. The van der Waals surface area contributed by atoms with Crippen LogP contribution in [0.1, 0.15) is 47.8 Å². The lowest BCUT2D eigenvalue weighted by molar-refractivity contribution is 0.102. The van der Waals surface area contributed by atoms with Crippen LogP contribution in [0.2, 0.25) is 0 Å². The summed E-state index contributed by atoms with van der Waals surface area (Å²) in [5, 5.41) is 6.57. The molecule has 3 aromatic rings. The molecule has 0 unspecified atom stereocenters. The zero-order valence-electron chi connectivity index (χ0n) is 16.0. The van der Waals surface area contributed by atoms with Gasteiger partial charge in [-0.3, -0.25) is 9.52 Å². The molecule has 30 heavy (non-hydrogen) atoms. The van der Waals surface area contributed by atoms with Crippen LogP contribution in [0, 0.1) is 0 Å². The van der Waals surface area contributed by atoms with Gasteiger partial charge in [0.05, 0.1) is 5.25 Å². The van der Waals surface area contributed by atoms with E-state index in [-0.39, 0.29) is 11.2 Å². The molecule has 0 spiro atoms. The summed E-state index contributed by atoms with van der Waals surface area (Å²) < 4.78 is 31.9. The second-order valence-electron chi connectivity index (χ2n) is 7.69. The molecule has 9 heteroatoms. The minimum absolute atomic E-state index is 0.296. The zero-order chi connectivity index (χ0) is 20.7. The number of amides is 1. The monoisotopic (exact) mass is 424 g/mol. The number of rotatable bonds is 7. The van der Waals surface area contributed by atoms with Gasteiger partial charge < -0.3 is 9.84 Å². The van der Waals surface area contributed by atoms with Crippen molar-refractivity contribution in [3.63, 3.8) is 0 Å². The van der Waals surface area contributed by atoms with E-state index in [1.807, 2.05) is 12.1 Å². The van der Waals surface area contributed by atoms with Crippen molar-refractivity contribution < 1.29 is 17.7 Å². The number of anilines is 2. The Morgan fingerprint density at radius 2 is 1.77 bits per heavy atom. The molecule has 1 amide bonds. The predicted molar refractivity (Wildman–Crippen MR) is 112 cm³/mol. The highest BCUT2D eigenvalue weighted by Crippen LogP contribution is 2.39. The maximum Gasteiger partial charge on any atom is 0.255 e. The summed E-state index contributed by atoms with van der Waals surface area (Å²) in [5.41, 5.74) is 2.23. The van der Waals surface area contributed by atoms with Crippen molar-refractivity contribution in [2.24, 2.45) is 0 Å². The predicted octanol–water partition coefficient (Wildman–Crippen LogP) is 3.77. The molecule has 2 aliphatic rings. The zero-order valence-corrected chi connectivity index (χ0v) is 16.9. The molecule has 2 saturated carbocycles. The van der Waals surface area contributed by atoms with Gasteiger partial charge in [-0.1, -0.05) is 17.3 Å². The Morgan fingerprint density at radius 3 is 2.47 bits per heavy atom. The van der Waals surface area contributed by atoms with Crippen molar-refractivity contribution in [3.05, 3.63) is 60.0 Å². The third-order valence-corrected chi connectivity index (χ3v) is 6.99. The summed E-state index contributed by atoms with van der Waals surface area (Å²) >= 11 is 0. The van der Waals surface area contributed by atoms with Crippen molar-refractivity contribution in [2.75, 3.05) is 10.0 Å². The standard InChI is InChI=1S/C21H20N4O4S/c26-20(13-6-8-16(9-7-13)25-30(27,28)18-10-11-18)22-17-3-1-2-15(12-17)19-23-21(29-24-19)14-4-5-14/h1-3,6-9,12,14,18,25H,4-5,10-11H2,(H,22,26). The molecule has 0 radical (unpaired) electrons. The van der Waals surface area contributed by atoms with E-state index in [0.29, 0.717) is 47.4 Å². The Hall–Kier alpha value is -3.20. The minimum atomic E-state index is -3.32. The quantitative estimate of drug-likeness (QED) is 0.597. The summed E-state index contributed by atoms with van der Waals surface area (Å²) in [6.45, 7) is 0. The van der Waals surface area contributed by atoms with Gasteiger partial charge in [0, 0.05) is 28.4 Å². The first-order valence-corrected chi connectivity index (χ1v) is 11.4. The lowest BCUT2D eigenvalue weighted by Gasteiger charge is -2.09. The molecule has 2 N–H and O–H groups in total. The van der Waals surface area contributed by atoms with Crippen LogP contribution in [-0.2, 0) is 10.0 Å². The van der Waals surface area contributed by atoms with Crippen LogP contribution in [0.15, 0.2) is 53.1 Å². The fourth-order valence-electron chi connectivity index (χ4n) is 3.10. The number of benzene rings is 2. The number of nitrogens with one attached hydrogen (secondary N) is 2. The van der Waals surface area contributed by atoms with Gasteiger partial charge in [0.25, 0.3) is 5.91 Å². The number of hydrogen-bond acceptors (Lipinski definition) is 6. The second kappa shape index (κ2) is 7.24. The smallest absolute Gasteiger partial charge is 0.255 e. The molecule has 2 aliphatic carbocycles. The van der Waals surface area contributed by atoms with E-state index < -0.39 is 10.0 Å². The van der Waals surface area contributed by atoms with E-state index in [2.05, 4.69) is 20.2 Å². The van der Waals surface area contributed by atoms with Crippen LogP contribution < -0.4 is 10.0 Å². The van der Waals surface area contributed by atoms with E-state index in [0.717, 1.165) is 18.4 Å². The molecule has 154 valence electrons. The topological polar surface area (TPSA) is 114 Å². The SMILES string of the molecule is O=C(Nc1cccc(-c2noc(C3CC3)n2)c1)c1ccc(NS(=O)(=O)C2CC2)cc1. The molecule has 0 atom stereocenters. The van der Waals surface area contributed by atoms with Crippen LogP contribution >= 0.6 is 0 Å². The molecule has 0 saturated heterocycles. The van der Waals surface area contributed by atoms with E-state index in [1.54, 1.807) is 36.4 Å². The van der Waals surface area contributed by atoms with Crippen LogP contribution in [0.3, 0.4) is 0 Å². The van der Waals surface area contributed by atoms with Gasteiger partial charge in [0.1, 0.15) is 0 Å². The summed E-state index contributed by atoms with van der Waals surface area (Å²) in [6.07, 6.45) is 3.55. The van der Waals surface area contributed by atoms with Gasteiger partial charge in [-0.15, -0.1) is 0 Å². The number of hydrogen-bond donors (Lipinski definition) is 2. The first-order chi connectivity index (χ1) is 14.5. The summed E-state index contributed by atoms with van der Waals surface area (Å²) in [5.74, 6) is 1.25. The highest BCUT2D eigenvalue weighted by Gasteiger charge is 2.35. The maximum absolute atomic E-state index is 12.6. The maximum atomic E-state index is 12.6. The first kappa shape index (κ1) is 18.8. The Bertz CT molecular complexity index is 1200. The highest BCUT2D eigenvalue weighted by molar-refractivity contribution is 7.93. The Labute approximate surface area is 173 Å². The molecule has 5 rings (SSSR count). The van der Waals surface area contributed by atoms with Crippen molar-refractivity contribution in [1.82, 2.24) is 10.1 Å². The Balaban J connectivity index is 1.26. The third kappa shape index (κ3) is 4.06. The average Bonchev–Trinajstić information content (AvgIpc) is 3.66. The van der Waals surface area contributed by atoms with Gasteiger partial charge in [0.2, 0.25) is 21.7 Å². The lowest BCUT2D eigenvalue weighted by Crippen LogP contribution is -2.17. The molecular weight excluding hydrogens is 404 g/mol. The van der Waals surface area contributed by atoms with Crippen molar-refractivity contribution >= 4 is 27.3 Å². The average molecular weight is 424 g/mol. The molecule has 0 aliphatic heterocycles. The second-order valence-corrected chi connectivity index (χ2v) is 9.65. The number of nitrogens with zero attached hydrogens (tertiary/aromatic N) is 2. The fourth-order valence-corrected chi connectivity index (χ4v) is 4.49. The number of carbonyl (C=O) groups is 1. The van der Waals surface area contributed by atoms with Gasteiger partial charge in [-0.05, 0) is 62.1 Å². The fraction of sp³-hybridized carbons (Fsp3) is 0.286. The summed E-state index contributed by atoms with van der Waals surface area (Å²) in [4.78, 5) is 17.0. The normalized spacial score (nSPS) is 16.3. The summed E-state index contributed by atoms with van der Waals surface area (Å²) in [6, 6.07) is 13.6. The number of carbonyl (C=O) groups excluding carboxylic acids is 1. The number of aromatic nitrogens is 2. The van der Waals surface area contributed by atoms with E-state index in [1.165, 1.54) is 0 Å². The van der Waals surface area contributed by atoms with Gasteiger partial charge in [-0.2, -0.15) is 4.98 Å². The Kier molecular flexibility index (Phi) is 4.54. The lowest BCUT2D eigenvalue weighted by atomic mass is 10.1. The van der Waals surface area contributed by atoms with Crippen LogP contribution in [0.4, 0.5) is 11.4 Å². The van der Waals surface area contributed by atoms with Crippen molar-refractivity contribution in [3.8, 4) is 11.4 Å².